The Kier molecular flexibility index (Phi) is 3.79. The van der Waals surface area contributed by atoms with Gasteiger partial charge in [0.25, 0.3) is 0 Å². The Morgan fingerprint density at radius 1 is 1.26 bits per heavy atom. The van der Waals surface area contributed by atoms with E-state index in [-0.39, 0.29) is 5.41 Å². The summed E-state index contributed by atoms with van der Waals surface area (Å²) in [6, 6.07) is 11.0. The number of aryl methyl sites for hydroxylation is 1. The van der Waals surface area contributed by atoms with E-state index in [0.29, 0.717) is 0 Å². The molecule has 1 heterocycles. The van der Waals surface area contributed by atoms with Crippen molar-refractivity contribution in [1.82, 2.24) is 0 Å². The van der Waals surface area contributed by atoms with Gasteiger partial charge in [0.05, 0.1) is 0 Å². The molecule has 0 bridgehead atoms. The Labute approximate surface area is 127 Å². The van der Waals surface area contributed by atoms with Crippen molar-refractivity contribution in [1.29, 1.82) is 0 Å². The molecule has 0 saturated carbocycles. The highest BCUT2D eigenvalue weighted by atomic mass is 79.9. The highest BCUT2D eigenvalue weighted by molar-refractivity contribution is 9.10. The summed E-state index contributed by atoms with van der Waals surface area (Å²) in [6.45, 7) is 0.731. The molecule has 1 aromatic carbocycles. The Bertz CT molecular complexity index is 578. The lowest BCUT2D eigenvalue weighted by atomic mass is 9.68. The number of hydrogen-bond acceptors (Lipinski definition) is 2. The highest BCUT2D eigenvalue weighted by Gasteiger charge is 2.35. The van der Waals surface area contributed by atoms with Gasteiger partial charge >= 0.3 is 0 Å². The molecule has 1 aliphatic carbocycles. The third-order valence-electron chi connectivity index (χ3n) is 4.27. The summed E-state index contributed by atoms with van der Waals surface area (Å²) in [5.41, 5.74) is 9.30. The van der Waals surface area contributed by atoms with Gasteiger partial charge in [0.1, 0.15) is 0 Å². The molecule has 0 saturated heterocycles. The van der Waals surface area contributed by atoms with Gasteiger partial charge in [0.2, 0.25) is 0 Å². The fraction of sp³-hybridized carbons (Fsp3) is 0.375. The summed E-state index contributed by atoms with van der Waals surface area (Å²) in [5, 5.41) is 2.15. The number of nitrogens with two attached hydrogens (primary N) is 1. The lowest BCUT2D eigenvalue weighted by Crippen LogP contribution is -2.40. The maximum Gasteiger partial charge on any atom is 0.0314 e. The molecule has 100 valence electrons. The maximum atomic E-state index is 6.21. The fourth-order valence-electron chi connectivity index (χ4n) is 3.23. The van der Waals surface area contributed by atoms with Crippen molar-refractivity contribution in [2.24, 2.45) is 5.73 Å². The van der Waals surface area contributed by atoms with Crippen LogP contribution in [0.15, 0.2) is 40.2 Å². The standard InChI is InChI=1S/C16H18BrNS/c17-14-7-9-19-15(14)10-16(11-18)8-3-5-12-4-1-2-6-13(12)16/h1-2,4,6-7,9H,3,5,8,10-11,18H2. The van der Waals surface area contributed by atoms with Gasteiger partial charge in [0.15, 0.2) is 0 Å². The van der Waals surface area contributed by atoms with Crippen LogP contribution in [0, 0.1) is 0 Å². The summed E-state index contributed by atoms with van der Waals surface area (Å²) >= 11 is 5.49. The molecule has 1 unspecified atom stereocenters. The van der Waals surface area contributed by atoms with Gasteiger partial charge in [-0.3, -0.25) is 0 Å². The number of fused-ring (bicyclic) bond motifs is 1. The Morgan fingerprint density at radius 3 is 2.84 bits per heavy atom. The van der Waals surface area contributed by atoms with Gasteiger partial charge in [-0.05, 0) is 64.2 Å². The highest BCUT2D eigenvalue weighted by Crippen LogP contribution is 2.41. The number of benzene rings is 1. The van der Waals surface area contributed by atoms with E-state index in [2.05, 4.69) is 51.6 Å². The van der Waals surface area contributed by atoms with E-state index in [1.807, 2.05) is 11.3 Å². The van der Waals surface area contributed by atoms with Gasteiger partial charge in [-0.1, -0.05) is 24.3 Å². The molecule has 1 aromatic heterocycles. The zero-order chi connectivity index (χ0) is 13.3. The van der Waals surface area contributed by atoms with Crippen LogP contribution >= 0.6 is 27.3 Å². The van der Waals surface area contributed by atoms with E-state index in [9.17, 15) is 0 Å². The second kappa shape index (κ2) is 5.39. The Morgan fingerprint density at radius 2 is 2.11 bits per heavy atom. The Balaban J connectivity index is 2.03. The first-order chi connectivity index (χ1) is 9.25. The minimum atomic E-state index is 0.127. The number of hydrogen-bond donors (Lipinski definition) is 1. The molecule has 1 aliphatic rings. The van der Waals surface area contributed by atoms with Crippen LogP contribution < -0.4 is 5.73 Å². The van der Waals surface area contributed by atoms with Crippen molar-refractivity contribution >= 4 is 27.3 Å². The van der Waals surface area contributed by atoms with Crippen LogP contribution in [0.5, 0.6) is 0 Å². The molecular weight excluding hydrogens is 318 g/mol. The molecular formula is C16H18BrNS. The summed E-state index contributed by atoms with van der Waals surface area (Å²) in [6.07, 6.45) is 4.70. The summed E-state index contributed by atoms with van der Waals surface area (Å²) in [5.74, 6) is 0. The van der Waals surface area contributed by atoms with E-state index in [1.54, 1.807) is 0 Å². The molecule has 0 amide bonds. The largest absolute Gasteiger partial charge is 0.330 e. The third-order valence-corrected chi connectivity index (χ3v) is 6.20. The van der Waals surface area contributed by atoms with Crippen LogP contribution in [0.25, 0.3) is 0 Å². The van der Waals surface area contributed by atoms with Crippen LogP contribution in [0.2, 0.25) is 0 Å². The first kappa shape index (κ1) is 13.3. The average Bonchev–Trinajstić information content (AvgIpc) is 2.84. The zero-order valence-electron chi connectivity index (χ0n) is 10.9. The van der Waals surface area contributed by atoms with Gasteiger partial charge in [-0.25, -0.2) is 0 Å². The predicted molar refractivity (Wildman–Crippen MR) is 85.8 cm³/mol. The van der Waals surface area contributed by atoms with E-state index in [1.165, 1.54) is 39.7 Å². The van der Waals surface area contributed by atoms with E-state index >= 15 is 0 Å². The van der Waals surface area contributed by atoms with Gasteiger partial charge in [-0.15, -0.1) is 11.3 Å². The van der Waals surface area contributed by atoms with Crippen molar-refractivity contribution in [3.63, 3.8) is 0 Å². The Hall–Kier alpha value is -0.640. The SMILES string of the molecule is NCC1(Cc2sccc2Br)CCCc2ccccc21. The minimum absolute atomic E-state index is 0.127. The van der Waals surface area contributed by atoms with Gasteiger partial charge < -0.3 is 5.73 Å². The smallest absolute Gasteiger partial charge is 0.0314 e. The van der Waals surface area contributed by atoms with Crippen molar-refractivity contribution in [3.8, 4) is 0 Å². The number of rotatable bonds is 3. The molecule has 0 spiro atoms. The second-order valence-corrected chi connectivity index (χ2v) is 7.22. The topological polar surface area (TPSA) is 26.0 Å². The van der Waals surface area contributed by atoms with Crippen molar-refractivity contribution in [3.05, 3.63) is 56.2 Å². The molecule has 3 rings (SSSR count). The lowest BCUT2D eigenvalue weighted by Gasteiger charge is -2.38. The molecule has 19 heavy (non-hydrogen) atoms. The summed E-state index contributed by atoms with van der Waals surface area (Å²) in [4.78, 5) is 1.42. The monoisotopic (exact) mass is 335 g/mol. The van der Waals surface area contributed by atoms with Crippen molar-refractivity contribution in [2.75, 3.05) is 6.54 Å². The van der Waals surface area contributed by atoms with Crippen LogP contribution in [-0.2, 0) is 18.3 Å². The van der Waals surface area contributed by atoms with Crippen molar-refractivity contribution < 1.29 is 0 Å². The van der Waals surface area contributed by atoms with Gasteiger partial charge in [-0.2, -0.15) is 0 Å². The van der Waals surface area contributed by atoms with Crippen LogP contribution in [-0.4, -0.2) is 6.54 Å². The molecule has 0 fully saturated rings. The molecule has 2 aromatic rings. The van der Waals surface area contributed by atoms with E-state index in [4.69, 9.17) is 5.73 Å². The first-order valence-corrected chi connectivity index (χ1v) is 8.43. The summed E-state index contributed by atoms with van der Waals surface area (Å²) in [7, 11) is 0. The minimum Gasteiger partial charge on any atom is -0.330 e. The average molecular weight is 336 g/mol. The molecule has 1 atom stereocenters. The zero-order valence-corrected chi connectivity index (χ0v) is 13.3. The predicted octanol–water partition coefficient (Wildman–Crippen LogP) is 4.29. The molecule has 2 N–H and O–H groups in total. The number of halogens is 1. The third kappa shape index (κ3) is 2.39. The lowest BCUT2D eigenvalue weighted by molar-refractivity contribution is 0.367. The van der Waals surface area contributed by atoms with Crippen LogP contribution in [0.1, 0.15) is 28.8 Å². The fourth-order valence-corrected chi connectivity index (χ4v) is 4.87. The van der Waals surface area contributed by atoms with E-state index < -0.39 is 0 Å². The van der Waals surface area contributed by atoms with Crippen LogP contribution in [0.4, 0.5) is 0 Å². The molecule has 3 heteroatoms. The molecule has 1 nitrogen and oxygen atoms in total. The normalized spacial score (nSPS) is 22.2. The maximum absolute atomic E-state index is 6.21. The molecule has 0 radical (unpaired) electrons. The van der Waals surface area contributed by atoms with Gasteiger partial charge in [0, 0.05) is 21.3 Å². The first-order valence-electron chi connectivity index (χ1n) is 6.75. The molecule has 0 aliphatic heterocycles. The van der Waals surface area contributed by atoms with Crippen LogP contribution in [0.3, 0.4) is 0 Å². The summed E-state index contributed by atoms with van der Waals surface area (Å²) < 4.78 is 1.23. The quantitative estimate of drug-likeness (QED) is 0.889. The number of thiophene rings is 1. The van der Waals surface area contributed by atoms with Crippen molar-refractivity contribution in [2.45, 2.75) is 31.1 Å². The van der Waals surface area contributed by atoms with E-state index in [0.717, 1.165) is 13.0 Å². The second-order valence-electron chi connectivity index (χ2n) is 5.36.